The lowest BCUT2D eigenvalue weighted by atomic mass is 10.3. The van der Waals surface area contributed by atoms with E-state index in [1.807, 2.05) is 6.07 Å². The molecule has 0 bridgehead atoms. The van der Waals surface area contributed by atoms with Crippen molar-refractivity contribution in [1.29, 1.82) is 0 Å². The second-order valence-corrected chi connectivity index (χ2v) is 4.10. The highest BCUT2D eigenvalue weighted by Gasteiger charge is 2.11. The smallest absolute Gasteiger partial charge is 0.291 e. The number of aromatic nitrogens is 3. The van der Waals surface area contributed by atoms with Crippen molar-refractivity contribution in [3.05, 3.63) is 60.2 Å². The van der Waals surface area contributed by atoms with E-state index < -0.39 is 5.91 Å². The maximum Gasteiger partial charge on any atom is 0.291 e. The van der Waals surface area contributed by atoms with E-state index in [1.165, 1.54) is 6.21 Å². The van der Waals surface area contributed by atoms with Gasteiger partial charge in [0.05, 0.1) is 18.2 Å². The Kier molecular flexibility index (Phi) is 3.55. The van der Waals surface area contributed by atoms with Crippen molar-refractivity contribution in [1.82, 2.24) is 20.6 Å². The zero-order chi connectivity index (χ0) is 14.5. The van der Waals surface area contributed by atoms with Gasteiger partial charge in [-0.1, -0.05) is 6.07 Å². The fourth-order valence-corrected chi connectivity index (χ4v) is 1.66. The number of rotatable bonds is 4. The lowest BCUT2D eigenvalue weighted by molar-refractivity contribution is 0.0950. The predicted molar refractivity (Wildman–Crippen MR) is 75.6 cm³/mol. The molecule has 0 aromatic carbocycles. The van der Waals surface area contributed by atoms with Gasteiger partial charge in [0.15, 0.2) is 11.5 Å². The van der Waals surface area contributed by atoms with Gasteiger partial charge in [-0.15, -0.1) is 0 Å². The van der Waals surface area contributed by atoms with Crippen molar-refractivity contribution < 1.29 is 9.21 Å². The largest absolute Gasteiger partial charge is 0.463 e. The Bertz CT molecular complexity index is 747. The summed E-state index contributed by atoms with van der Waals surface area (Å²) in [4.78, 5) is 15.9. The molecule has 0 aliphatic heterocycles. The first-order valence-electron chi connectivity index (χ1n) is 6.16. The number of carbonyl (C=O) groups excluding carboxylic acids is 1. The van der Waals surface area contributed by atoms with Crippen LogP contribution in [0.5, 0.6) is 0 Å². The SMILES string of the molecule is O=C(N/N=C\c1ccccn1)c1cc(-c2ccco2)[nH]n1. The first kappa shape index (κ1) is 12.8. The first-order valence-corrected chi connectivity index (χ1v) is 6.16. The Hall–Kier alpha value is -3.22. The Labute approximate surface area is 119 Å². The Morgan fingerprint density at radius 2 is 2.29 bits per heavy atom. The van der Waals surface area contributed by atoms with Gasteiger partial charge in [-0.3, -0.25) is 14.9 Å². The van der Waals surface area contributed by atoms with Gasteiger partial charge in [-0.25, -0.2) is 5.43 Å². The molecule has 3 aromatic heterocycles. The number of hydrazone groups is 1. The molecule has 1 amide bonds. The molecule has 3 aromatic rings. The summed E-state index contributed by atoms with van der Waals surface area (Å²) in [6, 6.07) is 10.5. The fraction of sp³-hybridized carbons (Fsp3) is 0. The summed E-state index contributed by atoms with van der Waals surface area (Å²) in [6.45, 7) is 0. The minimum absolute atomic E-state index is 0.222. The third-order valence-corrected chi connectivity index (χ3v) is 2.65. The number of amides is 1. The number of nitrogens with zero attached hydrogens (tertiary/aromatic N) is 3. The molecule has 7 nitrogen and oxygen atoms in total. The molecule has 0 saturated carbocycles. The van der Waals surface area contributed by atoms with E-state index in [9.17, 15) is 4.79 Å². The van der Waals surface area contributed by atoms with Crippen LogP contribution in [0.4, 0.5) is 0 Å². The van der Waals surface area contributed by atoms with Gasteiger partial charge in [0.25, 0.3) is 5.91 Å². The molecular weight excluding hydrogens is 270 g/mol. The molecular formula is C14H11N5O2. The van der Waals surface area contributed by atoms with E-state index in [1.54, 1.807) is 42.8 Å². The van der Waals surface area contributed by atoms with E-state index in [-0.39, 0.29) is 5.69 Å². The number of hydrogen-bond acceptors (Lipinski definition) is 5. The zero-order valence-corrected chi connectivity index (χ0v) is 10.9. The highest BCUT2D eigenvalue weighted by Crippen LogP contribution is 2.17. The van der Waals surface area contributed by atoms with Gasteiger partial charge in [0, 0.05) is 12.3 Å². The Morgan fingerprint density at radius 3 is 3.05 bits per heavy atom. The van der Waals surface area contributed by atoms with Gasteiger partial charge in [-0.2, -0.15) is 10.2 Å². The molecule has 7 heteroatoms. The monoisotopic (exact) mass is 281 g/mol. The minimum atomic E-state index is -0.420. The van der Waals surface area contributed by atoms with Gasteiger partial charge in [-0.05, 0) is 24.3 Å². The average molecular weight is 281 g/mol. The summed E-state index contributed by atoms with van der Waals surface area (Å²) < 4.78 is 5.21. The summed E-state index contributed by atoms with van der Waals surface area (Å²) in [7, 11) is 0. The summed E-state index contributed by atoms with van der Waals surface area (Å²) in [5, 5.41) is 10.5. The molecule has 2 N–H and O–H groups in total. The quantitative estimate of drug-likeness (QED) is 0.563. The van der Waals surface area contributed by atoms with Crippen molar-refractivity contribution in [3.8, 4) is 11.5 Å². The molecule has 21 heavy (non-hydrogen) atoms. The normalized spacial score (nSPS) is 10.9. The third-order valence-electron chi connectivity index (χ3n) is 2.65. The summed E-state index contributed by atoms with van der Waals surface area (Å²) in [6.07, 6.45) is 4.65. The molecule has 0 saturated heterocycles. The summed E-state index contributed by atoms with van der Waals surface area (Å²) in [5.41, 5.74) is 3.88. The Balaban J connectivity index is 1.65. The van der Waals surface area contributed by atoms with Crippen LogP contribution in [-0.2, 0) is 0 Å². The highest BCUT2D eigenvalue weighted by atomic mass is 16.3. The minimum Gasteiger partial charge on any atom is -0.463 e. The van der Waals surface area contributed by atoms with Crippen molar-refractivity contribution in [2.24, 2.45) is 5.10 Å². The summed E-state index contributed by atoms with van der Waals surface area (Å²) in [5.74, 6) is 0.190. The van der Waals surface area contributed by atoms with Crippen LogP contribution in [0, 0.1) is 0 Å². The predicted octanol–water partition coefficient (Wildman–Crippen LogP) is 1.83. The average Bonchev–Trinajstić information content (AvgIpc) is 3.19. The number of aromatic amines is 1. The lowest BCUT2D eigenvalue weighted by Crippen LogP contribution is -2.18. The van der Waals surface area contributed by atoms with Crippen molar-refractivity contribution in [3.63, 3.8) is 0 Å². The lowest BCUT2D eigenvalue weighted by Gasteiger charge is -1.94. The number of furan rings is 1. The summed E-state index contributed by atoms with van der Waals surface area (Å²) >= 11 is 0. The molecule has 0 fully saturated rings. The van der Waals surface area contributed by atoms with E-state index in [0.717, 1.165) is 0 Å². The second-order valence-electron chi connectivity index (χ2n) is 4.10. The molecule has 0 aliphatic carbocycles. The van der Waals surface area contributed by atoms with Gasteiger partial charge in [0.1, 0.15) is 5.69 Å². The fourth-order valence-electron chi connectivity index (χ4n) is 1.66. The van der Waals surface area contributed by atoms with Crippen molar-refractivity contribution in [2.45, 2.75) is 0 Å². The standard InChI is InChI=1S/C14H11N5O2/c20-14(19-16-9-10-4-1-2-6-15-10)12-8-11(17-18-12)13-5-3-7-21-13/h1-9H,(H,17,18)(H,19,20)/b16-9-. The van der Waals surface area contributed by atoms with Crippen LogP contribution in [0.3, 0.4) is 0 Å². The molecule has 3 rings (SSSR count). The van der Waals surface area contributed by atoms with Crippen LogP contribution < -0.4 is 5.43 Å². The van der Waals surface area contributed by atoms with Crippen LogP contribution >= 0.6 is 0 Å². The molecule has 0 unspecified atom stereocenters. The maximum absolute atomic E-state index is 11.9. The van der Waals surface area contributed by atoms with Gasteiger partial charge < -0.3 is 4.42 Å². The zero-order valence-electron chi connectivity index (χ0n) is 10.9. The Morgan fingerprint density at radius 1 is 1.33 bits per heavy atom. The number of pyridine rings is 1. The van der Waals surface area contributed by atoms with Gasteiger partial charge in [0.2, 0.25) is 0 Å². The molecule has 0 spiro atoms. The second kappa shape index (κ2) is 5.83. The van der Waals surface area contributed by atoms with Crippen molar-refractivity contribution >= 4 is 12.1 Å². The molecule has 0 aliphatic rings. The molecule has 3 heterocycles. The third kappa shape index (κ3) is 3.03. The van der Waals surface area contributed by atoms with Crippen LogP contribution in [0.2, 0.25) is 0 Å². The van der Waals surface area contributed by atoms with Crippen LogP contribution in [-0.4, -0.2) is 27.3 Å². The van der Waals surface area contributed by atoms with E-state index >= 15 is 0 Å². The van der Waals surface area contributed by atoms with Gasteiger partial charge >= 0.3 is 0 Å². The number of nitrogens with one attached hydrogen (secondary N) is 2. The number of hydrogen-bond donors (Lipinski definition) is 2. The molecule has 0 radical (unpaired) electrons. The van der Waals surface area contributed by atoms with Crippen LogP contribution in [0.1, 0.15) is 16.2 Å². The highest BCUT2D eigenvalue weighted by molar-refractivity contribution is 5.93. The topological polar surface area (TPSA) is 96.2 Å². The van der Waals surface area contributed by atoms with E-state index in [2.05, 4.69) is 25.7 Å². The van der Waals surface area contributed by atoms with Crippen molar-refractivity contribution in [2.75, 3.05) is 0 Å². The van der Waals surface area contributed by atoms with E-state index in [0.29, 0.717) is 17.1 Å². The van der Waals surface area contributed by atoms with Crippen LogP contribution in [0.25, 0.3) is 11.5 Å². The molecule has 104 valence electrons. The number of carbonyl (C=O) groups is 1. The number of H-pyrrole nitrogens is 1. The molecule has 0 atom stereocenters. The van der Waals surface area contributed by atoms with Crippen LogP contribution in [0.15, 0.2) is 58.4 Å². The van der Waals surface area contributed by atoms with E-state index in [4.69, 9.17) is 4.42 Å². The maximum atomic E-state index is 11.9. The first-order chi connectivity index (χ1) is 10.3.